The van der Waals surface area contributed by atoms with Gasteiger partial charge in [0.05, 0.1) is 18.8 Å². The predicted octanol–water partition coefficient (Wildman–Crippen LogP) is 3.26. The average Bonchev–Trinajstić information content (AvgIpc) is 2.47. The second-order valence-electron chi connectivity index (χ2n) is 5.59. The fourth-order valence-corrected chi connectivity index (χ4v) is 2.55. The standard InChI is InChI=1S/C16H24FNO2/c1-12-7-8-13(17)9-16(12)18-10-14(19)11-20-15-5-3-2-4-6-15/h7-9,14-15,18-19H,2-6,10-11H2,1H3. The average molecular weight is 281 g/mol. The summed E-state index contributed by atoms with van der Waals surface area (Å²) in [5, 5.41) is 13.0. The molecule has 1 aromatic carbocycles. The van der Waals surface area contributed by atoms with E-state index in [1.165, 1.54) is 31.4 Å². The van der Waals surface area contributed by atoms with E-state index in [1.54, 1.807) is 6.07 Å². The number of hydrogen-bond acceptors (Lipinski definition) is 3. The molecule has 0 aliphatic heterocycles. The second kappa shape index (κ2) is 7.60. The lowest BCUT2D eigenvalue weighted by atomic mass is 9.98. The van der Waals surface area contributed by atoms with E-state index in [0.29, 0.717) is 19.3 Å². The lowest BCUT2D eigenvalue weighted by Crippen LogP contribution is -2.28. The molecule has 20 heavy (non-hydrogen) atoms. The molecule has 2 rings (SSSR count). The molecular formula is C16H24FNO2. The van der Waals surface area contributed by atoms with Crippen LogP contribution in [-0.2, 0) is 4.74 Å². The second-order valence-corrected chi connectivity index (χ2v) is 5.59. The first-order valence-corrected chi connectivity index (χ1v) is 7.45. The summed E-state index contributed by atoms with van der Waals surface area (Å²) in [4.78, 5) is 0. The van der Waals surface area contributed by atoms with Gasteiger partial charge in [0.1, 0.15) is 5.82 Å². The summed E-state index contributed by atoms with van der Waals surface area (Å²) in [6.07, 6.45) is 5.67. The number of hydrogen-bond donors (Lipinski definition) is 2. The Morgan fingerprint density at radius 1 is 1.35 bits per heavy atom. The van der Waals surface area contributed by atoms with Crippen LogP contribution in [0, 0.1) is 12.7 Å². The van der Waals surface area contributed by atoms with Crippen molar-refractivity contribution < 1.29 is 14.2 Å². The molecule has 0 aromatic heterocycles. The number of ether oxygens (including phenoxy) is 1. The maximum atomic E-state index is 13.1. The molecule has 3 nitrogen and oxygen atoms in total. The van der Waals surface area contributed by atoms with E-state index < -0.39 is 6.10 Å². The van der Waals surface area contributed by atoms with Gasteiger partial charge in [-0.2, -0.15) is 0 Å². The van der Waals surface area contributed by atoms with Gasteiger partial charge >= 0.3 is 0 Å². The lowest BCUT2D eigenvalue weighted by Gasteiger charge is -2.23. The van der Waals surface area contributed by atoms with Gasteiger partial charge < -0.3 is 15.2 Å². The van der Waals surface area contributed by atoms with Gasteiger partial charge in [-0.15, -0.1) is 0 Å². The Kier molecular flexibility index (Phi) is 5.80. The van der Waals surface area contributed by atoms with Gasteiger partial charge in [-0.1, -0.05) is 25.3 Å². The van der Waals surface area contributed by atoms with Crippen LogP contribution in [0.25, 0.3) is 0 Å². The van der Waals surface area contributed by atoms with Gasteiger partial charge in [0.2, 0.25) is 0 Å². The molecule has 1 fully saturated rings. The van der Waals surface area contributed by atoms with Gasteiger partial charge in [0.15, 0.2) is 0 Å². The first kappa shape index (κ1) is 15.3. The molecule has 1 saturated carbocycles. The number of nitrogens with one attached hydrogen (secondary N) is 1. The number of rotatable bonds is 6. The fraction of sp³-hybridized carbons (Fsp3) is 0.625. The molecule has 1 aromatic rings. The minimum Gasteiger partial charge on any atom is -0.389 e. The first-order valence-electron chi connectivity index (χ1n) is 7.45. The Morgan fingerprint density at radius 3 is 2.85 bits per heavy atom. The minimum absolute atomic E-state index is 0.272. The summed E-state index contributed by atoms with van der Waals surface area (Å²) in [5.41, 5.74) is 1.69. The van der Waals surface area contributed by atoms with Crippen LogP contribution >= 0.6 is 0 Å². The first-order chi connectivity index (χ1) is 9.65. The molecule has 0 bridgehead atoms. The molecule has 4 heteroatoms. The van der Waals surface area contributed by atoms with Gasteiger partial charge in [-0.05, 0) is 37.5 Å². The van der Waals surface area contributed by atoms with E-state index in [0.717, 1.165) is 24.1 Å². The van der Waals surface area contributed by atoms with Crippen molar-refractivity contribution in [3.05, 3.63) is 29.6 Å². The number of aliphatic hydroxyl groups is 1. The van der Waals surface area contributed by atoms with E-state index in [-0.39, 0.29) is 5.82 Å². The Hall–Kier alpha value is -1.13. The summed E-state index contributed by atoms with van der Waals surface area (Å²) >= 11 is 0. The molecule has 0 spiro atoms. The molecule has 0 heterocycles. The Morgan fingerprint density at radius 2 is 2.10 bits per heavy atom. The number of aliphatic hydroxyl groups excluding tert-OH is 1. The predicted molar refractivity (Wildman–Crippen MR) is 78.5 cm³/mol. The summed E-state index contributed by atoms with van der Waals surface area (Å²) < 4.78 is 18.9. The van der Waals surface area contributed by atoms with E-state index in [2.05, 4.69) is 5.32 Å². The summed E-state index contributed by atoms with van der Waals surface area (Å²) in [5.74, 6) is -0.272. The molecule has 2 N–H and O–H groups in total. The zero-order chi connectivity index (χ0) is 14.4. The third-order valence-corrected chi connectivity index (χ3v) is 3.80. The third-order valence-electron chi connectivity index (χ3n) is 3.80. The molecule has 0 amide bonds. The summed E-state index contributed by atoms with van der Waals surface area (Å²) in [6.45, 7) is 2.62. The van der Waals surface area contributed by atoms with Crippen molar-refractivity contribution >= 4 is 5.69 Å². The van der Waals surface area contributed by atoms with Crippen molar-refractivity contribution in [2.24, 2.45) is 0 Å². The Labute approximate surface area is 120 Å². The third kappa shape index (κ3) is 4.76. The van der Waals surface area contributed by atoms with Crippen LogP contribution < -0.4 is 5.32 Å². The molecule has 0 saturated heterocycles. The van der Waals surface area contributed by atoms with Crippen LogP contribution in [0.5, 0.6) is 0 Å². The number of halogens is 1. The summed E-state index contributed by atoms with van der Waals surface area (Å²) in [6, 6.07) is 4.61. The maximum Gasteiger partial charge on any atom is 0.125 e. The largest absolute Gasteiger partial charge is 0.389 e. The zero-order valence-electron chi connectivity index (χ0n) is 12.1. The minimum atomic E-state index is -0.570. The topological polar surface area (TPSA) is 41.5 Å². The monoisotopic (exact) mass is 281 g/mol. The smallest absolute Gasteiger partial charge is 0.125 e. The van der Waals surface area contributed by atoms with Crippen LogP contribution in [0.2, 0.25) is 0 Å². The number of benzene rings is 1. The number of aryl methyl sites for hydroxylation is 1. The summed E-state index contributed by atoms with van der Waals surface area (Å²) in [7, 11) is 0. The quantitative estimate of drug-likeness (QED) is 0.841. The maximum absolute atomic E-state index is 13.1. The molecule has 1 atom stereocenters. The molecule has 112 valence electrons. The van der Waals surface area contributed by atoms with Crippen LogP contribution in [0.4, 0.5) is 10.1 Å². The molecule has 1 aliphatic carbocycles. The van der Waals surface area contributed by atoms with Crippen LogP contribution in [0.15, 0.2) is 18.2 Å². The van der Waals surface area contributed by atoms with Crippen molar-refractivity contribution in [2.45, 2.75) is 51.2 Å². The van der Waals surface area contributed by atoms with Gasteiger partial charge in [0.25, 0.3) is 0 Å². The zero-order valence-corrected chi connectivity index (χ0v) is 12.1. The molecule has 0 radical (unpaired) electrons. The molecule has 1 unspecified atom stereocenters. The lowest BCUT2D eigenvalue weighted by molar-refractivity contribution is -0.0195. The van der Waals surface area contributed by atoms with Crippen LogP contribution in [0.1, 0.15) is 37.7 Å². The number of anilines is 1. The van der Waals surface area contributed by atoms with E-state index >= 15 is 0 Å². The fourth-order valence-electron chi connectivity index (χ4n) is 2.55. The van der Waals surface area contributed by atoms with Gasteiger partial charge in [0, 0.05) is 12.2 Å². The highest BCUT2D eigenvalue weighted by Gasteiger charge is 2.15. The Balaban J connectivity index is 1.71. The van der Waals surface area contributed by atoms with Crippen molar-refractivity contribution in [1.82, 2.24) is 0 Å². The Bertz CT molecular complexity index is 419. The van der Waals surface area contributed by atoms with Crippen LogP contribution in [-0.4, -0.2) is 30.5 Å². The van der Waals surface area contributed by atoms with Crippen molar-refractivity contribution in [3.63, 3.8) is 0 Å². The SMILES string of the molecule is Cc1ccc(F)cc1NCC(O)COC1CCCCC1. The normalized spacial score (nSPS) is 17.9. The van der Waals surface area contributed by atoms with E-state index in [9.17, 15) is 9.50 Å². The van der Waals surface area contributed by atoms with Crippen LogP contribution in [0.3, 0.4) is 0 Å². The van der Waals surface area contributed by atoms with Crippen molar-refractivity contribution in [1.29, 1.82) is 0 Å². The molecule has 1 aliphatic rings. The highest BCUT2D eigenvalue weighted by atomic mass is 19.1. The van der Waals surface area contributed by atoms with Crippen molar-refractivity contribution in [2.75, 3.05) is 18.5 Å². The van der Waals surface area contributed by atoms with Crippen molar-refractivity contribution in [3.8, 4) is 0 Å². The van der Waals surface area contributed by atoms with E-state index in [4.69, 9.17) is 4.74 Å². The highest BCUT2D eigenvalue weighted by molar-refractivity contribution is 5.50. The van der Waals surface area contributed by atoms with E-state index in [1.807, 2.05) is 6.92 Å². The highest BCUT2D eigenvalue weighted by Crippen LogP contribution is 2.20. The molecular weight excluding hydrogens is 257 g/mol. The van der Waals surface area contributed by atoms with Gasteiger partial charge in [-0.25, -0.2) is 4.39 Å². The van der Waals surface area contributed by atoms with Gasteiger partial charge in [-0.3, -0.25) is 0 Å².